The number of sulfonamides is 1. The molecule has 0 heterocycles. The standard InChI is InChI=1S/C37H42ClN3O4S/c1-6-28(4)39-37(43)35(23-30-11-8-7-9-12-30)40(24-31-19-15-26(2)16-20-31)36(42)25-41(34-14-10-13-33(38)29(34)5)46(44,45)32-21-17-27(3)18-22-32/h7-22,28,35H,6,23-25H2,1-5H3,(H,39,43)/t28-,35-/m1/s1. The third-order valence-electron chi connectivity index (χ3n) is 8.14. The highest BCUT2D eigenvalue weighted by Crippen LogP contribution is 2.31. The first-order chi connectivity index (χ1) is 21.9. The Kier molecular flexibility index (Phi) is 11.7. The van der Waals surface area contributed by atoms with Gasteiger partial charge < -0.3 is 10.2 Å². The number of carbonyl (C=O) groups excluding carboxylic acids is 2. The summed E-state index contributed by atoms with van der Waals surface area (Å²) in [6.07, 6.45) is 0.966. The van der Waals surface area contributed by atoms with Crippen molar-refractivity contribution in [3.8, 4) is 0 Å². The van der Waals surface area contributed by atoms with Gasteiger partial charge in [0.1, 0.15) is 12.6 Å². The van der Waals surface area contributed by atoms with Gasteiger partial charge >= 0.3 is 0 Å². The van der Waals surface area contributed by atoms with Crippen LogP contribution in [0.15, 0.2) is 102 Å². The van der Waals surface area contributed by atoms with Gasteiger partial charge in [-0.05, 0) is 75.1 Å². The zero-order chi connectivity index (χ0) is 33.4. The lowest BCUT2D eigenvalue weighted by Crippen LogP contribution is -2.54. The summed E-state index contributed by atoms with van der Waals surface area (Å²) in [5, 5.41) is 3.44. The Hall–Kier alpha value is -4.14. The summed E-state index contributed by atoms with van der Waals surface area (Å²) in [6, 6.07) is 27.7. The number of benzene rings is 4. The fraction of sp³-hybridized carbons (Fsp3) is 0.297. The van der Waals surface area contributed by atoms with Gasteiger partial charge in [0.25, 0.3) is 10.0 Å². The summed E-state index contributed by atoms with van der Waals surface area (Å²) >= 11 is 6.47. The van der Waals surface area contributed by atoms with E-state index in [1.54, 1.807) is 37.3 Å². The molecule has 9 heteroatoms. The number of nitrogens with zero attached hydrogens (tertiary/aromatic N) is 2. The van der Waals surface area contributed by atoms with Crippen LogP contribution in [0.3, 0.4) is 0 Å². The zero-order valence-corrected chi connectivity index (χ0v) is 28.6. The first-order valence-corrected chi connectivity index (χ1v) is 17.3. The summed E-state index contributed by atoms with van der Waals surface area (Å²) in [5.41, 5.74) is 4.47. The maximum atomic E-state index is 14.6. The smallest absolute Gasteiger partial charge is 0.264 e. The van der Waals surface area contributed by atoms with Gasteiger partial charge in [0.05, 0.1) is 10.6 Å². The molecule has 2 amide bonds. The van der Waals surface area contributed by atoms with E-state index in [1.165, 1.54) is 17.0 Å². The maximum Gasteiger partial charge on any atom is 0.264 e. The predicted molar refractivity (Wildman–Crippen MR) is 185 cm³/mol. The molecule has 0 aromatic heterocycles. The number of halogens is 1. The molecule has 0 saturated carbocycles. The topological polar surface area (TPSA) is 86.8 Å². The molecule has 0 aliphatic rings. The van der Waals surface area contributed by atoms with Gasteiger partial charge in [0.2, 0.25) is 11.8 Å². The van der Waals surface area contributed by atoms with E-state index in [-0.39, 0.29) is 29.8 Å². The van der Waals surface area contributed by atoms with E-state index in [9.17, 15) is 18.0 Å². The molecule has 2 atom stereocenters. The van der Waals surface area contributed by atoms with Crippen molar-refractivity contribution >= 4 is 39.1 Å². The lowest BCUT2D eigenvalue weighted by Gasteiger charge is -2.34. The van der Waals surface area contributed by atoms with Crippen LogP contribution in [0.25, 0.3) is 0 Å². The van der Waals surface area contributed by atoms with Crippen molar-refractivity contribution in [2.24, 2.45) is 0 Å². The van der Waals surface area contributed by atoms with E-state index in [1.807, 2.05) is 82.3 Å². The molecule has 0 aliphatic heterocycles. The van der Waals surface area contributed by atoms with Crippen molar-refractivity contribution in [1.29, 1.82) is 0 Å². The molecule has 4 aromatic rings. The molecule has 0 fully saturated rings. The Morgan fingerprint density at radius 1 is 0.804 bits per heavy atom. The molecule has 4 aromatic carbocycles. The normalized spacial score (nSPS) is 12.7. The molecule has 0 unspecified atom stereocenters. The number of rotatable bonds is 13. The quantitative estimate of drug-likeness (QED) is 0.167. The zero-order valence-electron chi connectivity index (χ0n) is 27.0. The number of anilines is 1. The van der Waals surface area contributed by atoms with Crippen LogP contribution in [0.5, 0.6) is 0 Å². The van der Waals surface area contributed by atoms with Crippen molar-refractivity contribution in [3.63, 3.8) is 0 Å². The van der Waals surface area contributed by atoms with Crippen molar-refractivity contribution in [2.75, 3.05) is 10.8 Å². The third kappa shape index (κ3) is 8.56. The van der Waals surface area contributed by atoms with E-state index < -0.39 is 28.5 Å². The molecule has 0 aliphatic carbocycles. The molecule has 0 saturated heterocycles. The molecular weight excluding hydrogens is 618 g/mol. The van der Waals surface area contributed by atoms with Gasteiger partial charge in [-0.1, -0.05) is 102 Å². The van der Waals surface area contributed by atoms with E-state index in [4.69, 9.17) is 11.6 Å². The monoisotopic (exact) mass is 659 g/mol. The minimum atomic E-state index is -4.22. The van der Waals surface area contributed by atoms with Crippen molar-refractivity contribution in [2.45, 2.75) is 71.0 Å². The van der Waals surface area contributed by atoms with Crippen molar-refractivity contribution in [1.82, 2.24) is 10.2 Å². The van der Waals surface area contributed by atoms with Gasteiger partial charge in [0, 0.05) is 24.0 Å². The number of hydrogen-bond donors (Lipinski definition) is 1. The summed E-state index contributed by atoms with van der Waals surface area (Å²) in [5.74, 6) is -0.818. The molecule has 0 bridgehead atoms. The summed E-state index contributed by atoms with van der Waals surface area (Å²) in [7, 11) is -4.22. The molecule has 46 heavy (non-hydrogen) atoms. The second kappa shape index (κ2) is 15.4. The highest BCUT2D eigenvalue weighted by molar-refractivity contribution is 7.92. The average Bonchev–Trinajstić information content (AvgIpc) is 3.04. The molecule has 7 nitrogen and oxygen atoms in total. The Morgan fingerprint density at radius 2 is 1.41 bits per heavy atom. The second-order valence-corrected chi connectivity index (χ2v) is 14.0. The van der Waals surface area contributed by atoms with E-state index in [2.05, 4.69) is 5.32 Å². The van der Waals surface area contributed by atoms with Crippen molar-refractivity contribution in [3.05, 3.63) is 130 Å². The van der Waals surface area contributed by atoms with Gasteiger partial charge in [-0.25, -0.2) is 8.42 Å². The first kappa shape index (κ1) is 34.7. The van der Waals surface area contributed by atoms with Crippen LogP contribution in [0, 0.1) is 20.8 Å². The van der Waals surface area contributed by atoms with Crippen LogP contribution in [0.4, 0.5) is 5.69 Å². The molecule has 242 valence electrons. The molecular formula is C37H42ClN3O4S. The van der Waals surface area contributed by atoms with Crippen LogP contribution in [0.1, 0.15) is 48.1 Å². The summed E-state index contributed by atoms with van der Waals surface area (Å²) in [4.78, 5) is 30.1. The largest absolute Gasteiger partial charge is 0.352 e. The number of nitrogens with one attached hydrogen (secondary N) is 1. The average molecular weight is 660 g/mol. The number of aryl methyl sites for hydroxylation is 2. The fourth-order valence-corrected chi connectivity index (χ4v) is 6.74. The van der Waals surface area contributed by atoms with E-state index in [0.29, 0.717) is 22.7 Å². The second-order valence-electron chi connectivity index (χ2n) is 11.7. The van der Waals surface area contributed by atoms with Crippen LogP contribution in [-0.4, -0.2) is 43.8 Å². The van der Waals surface area contributed by atoms with E-state index >= 15 is 0 Å². The number of amides is 2. The molecule has 0 radical (unpaired) electrons. The summed E-state index contributed by atoms with van der Waals surface area (Å²) < 4.78 is 29.7. The Bertz CT molecular complexity index is 1740. The van der Waals surface area contributed by atoms with E-state index in [0.717, 1.165) is 26.6 Å². The van der Waals surface area contributed by atoms with Crippen LogP contribution >= 0.6 is 11.6 Å². The lowest BCUT2D eigenvalue weighted by atomic mass is 10.0. The molecule has 4 rings (SSSR count). The van der Waals surface area contributed by atoms with Gasteiger partial charge in [-0.3, -0.25) is 13.9 Å². The Morgan fingerprint density at radius 3 is 2.02 bits per heavy atom. The molecule has 0 spiro atoms. The first-order valence-electron chi connectivity index (χ1n) is 15.4. The van der Waals surface area contributed by atoms with Crippen molar-refractivity contribution < 1.29 is 18.0 Å². The SMILES string of the molecule is CC[C@@H](C)NC(=O)[C@@H](Cc1ccccc1)N(Cc1ccc(C)cc1)C(=O)CN(c1cccc(Cl)c1C)S(=O)(=O)c1ccc(C)cc1. The lowest BCUT2D eigenvalue weighted by molar-refractivity contribution is -0.140. The summed E-state index contributed by atoms with van der Waals surface area (Å²) in [6.45, 7) is 9.05. The van der Waals surface area contributed by atoms with Crippen LogP contribution in [0.2, 0.25) is 5.02 Å². The Balaban J connectivity index is 1.83. The highest BCUT2D eigenvalue weighted by atomic mass is 35.5. The third-order valence-corrected chi connectivity index (χ3v) is 10.3. The van der Waals surface area contributed by atoms with Crippen LogP contribution < -0.4 is 9.62 Å². The fourth-order valence-electron chi connectivity index (χ4n) is 5.10. The van der Waals surface area contributed by atoms with Gasteiger partial charge in [-0.15, -0.1) is 0 Å². The number of carbonyl (C=O) groups is 2. The highest BCUT2D eigenvalue weighted by Gasteiger charge is 2.35. The minimum Gasteiger partial charge on any atom is -0.352 e. The van der Waals surface area contributed by atoms with Gasteiger partial charge in [-0.2, -0.15) is 0 Å². The molecule has 1 N–H and O–H groups in total. The van der Waals surface area contributed by atoms with Crippen LogP contribution in [-0.2, 0) is 32.6 Å². The van der Waals surface area contributed by atoms with Gasteiger partial charge in [0.15, 0.2) is 0 Å². The maximum absolute atomic E-state index is 14.6. The predicted octanol–water partition coefficient (Wildman–Crippen LogP) is 7.02. The number of hydrogen-bond acceptors (Lipinski definition) is 4. The Labute approximate surface area is 278 Å². The minimum absolute atomic E-state index is 0.0470.